The summed E-state index contributed by atoms with van der Waals surface area (Å²) < 4.78 is 18.5. The number of hydrogen-bond donors (Lipinski definition) is 1. The molecule has 1 aromatic heterocycles. The highest BCUT2D eigenvalue weighted by Crippen LogP contribution is 2.27. The predicted molar refractivity (Wildman–Crippen MR) is 68.1 cm³/mol. The summed E-state index contributed by atoms with van der Waals surface area (Å²) in [5.41, 5.74) is 1.29. The Labute approximate surface area is 105 Å². The Morgan fingerprint density at radius 1 is 1.28 bits per heavy atom. The quantitative estimate of drug-likeness (QED) is 0.902. The number of nitrogens with zero attached hydrogens (tertiary/aromatic N) is 2. The van der Waals surface area contributed by atoms with Crippen molar-refractivity contribution >= 4 is 5.82 Å². The third kappa shape index (κ3) is 2.40. The lowest BCUT2D eigenvalue weighted by Crippen LogP contribution is -2.02. The highest BCUT2D eigenvalue weighted by Gasteiger charge is 2.10. The second kappa shape index (κ2) is 5.44. The van der Waals surface area contributed by atoms with Crippen molar-refractivity contribution in [2.45, 2.75) is 6.92 Å². The molecule has 94 valence electrons. The number of anilines is 1. The van der Waals surface area contributed by atoms with Crippen molar-refractivity contribution in [3.63, 3.8) is 0 Å². The van der Waals surface area contributed by atoms with Gasteiger partial charge < -0.3 is 10.1 Å². The molecule has 0 amide bonds. The molecule has 0 bridgehead atoms. The van der Waals surface area contributed by atoms with Gasteiger partial charge in [0.2, 0.25) is 0 Å². The van der Waals surface area contributed by atoms with Gasteiger partial charge >= 0.3 is 0 Å². The van der Waals surface area contributed by atoms with Crippen LogP contribution >= 0.6 is 0 Å². The summed E-state index contributed by atoms with van der Waals surface area (Å²) in [5, 5.41) is 3.10. The fourth-order valence-electron chi connectivity index (χ4n) is 1.66. The van der Waals surface area contributed by atoms with E-state index in [4.69, 9.17) is 4.74 Å². The summed E-state index contributed by atoms with van der Waals surface area (Å²) in [7, 11) is 1.43. The van der Waals surface area contributed by atoms with E-state index in [2.05, 4.69) is 15.3 Å². The molecule has 18 heavy (non-hydrogen) atoms. The predicted octanol–water partition coefficient (Wildman–Crippen LogP) is 2.72. The molecule has 1 N–H and O–H groups in total. The maximum Gasteiger partial charge on any atom is 0.165 e. The molecule has 1 aromatic carbocycles. The zero-order valence-electron chi connectivity index (χ0n) is 10.3. The molecule has 5 heteroatoms. The summed E-state index contributed by atoms with van der Waals surface area (Å²) in [6.07, 6.45) is 3.18. The zero-order chi connectivity index (χ0) is 13.0. The van der Waals surface area contributed by atoms with Gasteiger partial charge in [0.05, 0.1) is 7.11 Å². The lowest BCUT2D eigenvalue weighted by molar-refractivity contribution is 0.386. The summed E-state index contributed by atoms with van der Waals surface area (Å²) in [4.78, 5) is 8.42. The third-order valence-electron chi connectivity index (χ3n) is 2.47. The van der Waals surface area contributed by atoms with E-state index in [1.54, 1.807) is 24.5 Å². The summed E-state index contributed by atoms with van der Waals surface area (Å²) in [6, 6.07) is 4.73. The first kappa shape index (κ1) is 12.3. The third-order valence-corrected chi connectivity index (χ3v) is 2.47. The standard InChI is InChI=1S/C13H14FN3O/c1-3-15-13-12(16-6-7-17-13)9-4-5-11(18-2)10(14)8-9/h4-8H,3H2,1-2H3,(H,15,17). The van der Waals surface area contributed by atoms with E-state index in [9.17, 15) is 4.39 Å². The van der Waals surface area contributed by atoms with Crippen molar-refractivity contribution in [3.05, 3.63) is 36.4 Å². The summed E-state index contributed by atoms with van der Waals surface area (Å²) >= 11 is 0. The maximum absolute atomic E-state index is 13.7. The average molecular weight is 247 g/mol. The highest BCUT2D eigenvalue weighted by molar-refractivity contribution is 5.71. The van der Waals surface area contributed by atoms with Gasteiger partial charge in [-0.15, -0.1) is 0 Å². The average Bonchev–Trinajstić information content (AvgIpc) is 2.40. The van der Waals surface area contributed by atoms with Gasteiger partial charge in [-0.3, -0.25) is 4.98 Å². The van der Waals surface area contributed by atoms with Gasteiger partial charge in [-0.2, -0.15) is 0 Å². The number of methoxy groups -OCH3 is 1. The second-order valence-corrected chi connectivity index (χ2v) is 3.63. The molecule has 0 radical (unpaired) electrons. The van der Waals surface area contributed by atoms with E-state index in [0.29, 0.717) is 17.1 Å². The van der Waals surface area contributed by atoms with Gasteiger partial charge in [-0.1, -0.05) is 0 Å². The van der Waals surface area contributed by atoms with Crippen molar-refractivity contribution < 1.29 is 9.13 Å². The van der Waals surface area contributed by atoms with Crippen molar-refractivity contribution in [1.29, 1.82) is 0 Å². The van der Waals surface area contributed by atoms with Crippen LogP contribution < -0.4 is 10.1 Å². The normalized spacial score (nSPS) is 10.2. The molecule has 4 nitrogen and oxygen atoms in total. The first-order valence-electron chi connectivity index (χ1n) is 5.65. The second-order valence-electron chi connectivity index (χ2n) is 3.63. The van der Waals surface area contributed by atoms with E-state index in [-0.39, 0.29) is 5.75 Å². The minimum absolute atomic E-state index is 0.215. The molecule has 2 aromatic rings. The molecule has 0 unspecified atom stereocenters. The Morgan fingerprint density at radius 2 is 2.06 bits per heavy atom. The van der Waals surface area contributed by atoms with E-state index in [0.717, 1.165) is 6.54 Å². The number of halogens is 1. The van der Waals surface area contributed by atoms with Gasteiger partial charge in [0.1, 0.15) is 5.69 Å². The van der Waals surface area contributed by atoms with Gasteiger partial charge in [0, 0.05) is 24.5 Å². The molecular weight excluding hydrogens is 233 g/mol. The largest absolute Gasteiger partial charge is 0.494 e. The van der Waals surface area contributed by atoms with Gasteiger partial charge in [0.15, 0.2) is 17.4 Å². The smallest absolute Gasteiger partial charge is 0.165 e. The molecule has 0 saturated heterocycles. The summed E-state index contributed by atoms with van der Waals surface area (Å²) in [5.74, 6) is 0.445. The monoisotopic (exact) mass is 247 g/mol. The molecule has 1 heterocycles. The number of hydrogen-bond acceptors (Lipinski definition) is 4. The van der Waals surface area contributed by atoms with E-state index in [1.165, 1.54) is 13.2 Å². The first-order chi connectivity index (χ1) is 8.76. The Kier molecular flexibility index (Phi) is 3.72. The van der Waals surface area contributed by atoms with Crippen LogP contribution in [-0.2, 0) is 0 Å². The van der Waals surface area contributed by atoms with Gasteiger partial charge in [0.25, 0.3) is 0 Å². The van der Waals surface area contributed by atoms with Crippen molar-refractivity contribution in [1.82, 2.24) is 9.97 Å². The number of nitrogens with one attached hydrogen (secondary N) is 1. The molecule has 0 atom stereocenters. The molecule has 2 rings (SSSR count). The fourth-order valence-corrected chi connectivity index (χ4v) is 1.66. The molecule has 0 aliphatic carbocycles. The van der Waals surface area contributed by atoms with Crippen molar-refractivity contribution in [2.75, 3.05) is 19.0 Å². The minimum atomic E-state index is -0.414. The van der Waals surface area contributed by atoms with Crippen LogP contribution in [-0.4, -0.2) is 23.6 Å². The van der Waals surface area contributed by atoms with E-state index >= 15 is 0 Å². The number of aromatic nitrogens is 2. The van der Waals surface area contributed by atoms with Gasteiger partial charge in [-0.25, -0.2) is 9.37 Å². The van der Waals surface area contributed by atoms with Crippen LogP contribution in [0.15, 0.2) is 30.6 Å². The van der Waals surface area contributed by atoms with Crippen molar-refractivity contribution in [3.8, 4) is 17.0 Å². The molecule has 0 spiro atoms. The fraction of sp³-hybridized carbons (Fsp3) is 0.231. The van der Waals surface area contributed by atoms with Crippen molar-refractivity contribution in [2.24, 2.45) is 0 Å². The molecule has 0 aliphatic rings. The molecular formula is C13H14FN3O. The van der Waals surface area contributed by atoms with E-state index in [1.807, 2.05) is 6.92 Å². The zero-order valence-corrected chi connectivity index (χ0v) is 10.3. The first-order valence-corrected chi connectivity index (χ1v) is 5.65. The minimum Gasteiger partial charge on any atom is -0.494 e. The van der Waals surface area contributed by atoms with Crippen LogP contribution in [0.5, 0.6) is 5.75 Å². The summed E-state index contributed by atoms with van der Waals surface area (Å²) in [6.45, 7) is 2.69. The van der Waals surface area contributed by atoms with Crippen LogP contribution in [0.2, 0.25) is 0 Å². The Balaban J connectivity index is 2.45. The number of rotatable bonds is 4. The number of ether oxygens (including phenoxy) is 1. The highest BCUT2D eigenvalue weighted by atomic mass is 19.1. The van der Waals surface area contributed by atoms with Crippen LogP contribution in [0.4, 0.5) is 10.2 Å². The lowest BCUT2D eigenvalue weighted by atomic mass is 10.1. The molecule has 0 aliphatic heterocycles. The lowest BCUT2D eigenvalue weighted by Gasteiger charge is -2.09. The topological polar surface area (TPSA) is 47.0 Å². The number of benzene rings is 1. The van der Waals surface area contributed by atoms with E-state index < -0.39 is 5.82 Å². The SMILES string of the molecule is CCNc1nccnc1-c1ccc(OC)c(F)c1. The maximum atomic E-state index is 13.7. The molecule has 0 saturated carbocycles. The molecule has 0 fully saturated rings. The van der Waals surface area contributed by atoms with Gasteiger partial charge in [-0.05, 0) is 25.1 Å². The van der Waals surface area contributed by atoms with Crippen LogP contribution in [0.3, 0.4) is 0 Å². The Bertz CT molecular complexity index is 546. The Hall–Kier alpha value is -2.17. The van der Waals surface area contributed by atoms with Crippen LogP contribution in [0.25, 0.3) is 11.3 Å². The van der Waals surface area contributed by atoms with Crippen LogP contribution in [0.1, 0.15) is 6.92 Å². The Morgan fingerprint density at radius 3 is 2.72 bits per heavy atom. The van der Waals surface area contributed by atoms with Crippen LogP contribution in [0, 0.1) is 5.82 Å².